The fraction of sp³-hybridized carbons (Fsp3) is 0.500. The highest BCUT2D eigenvalue weighted by molar-refractivity contribution is 5.33. The van der Waals surface area contributed by atoms with Gasteiger partial charge < -0.3 is 5.11 Å². The van der Waals surface area contributed by atoms with Gasteiger partial charge in [-0.15, -0.1) is 5.56 Å². The molecule has 60 valence electrons. The zero-order valence-electron chi connectivity index (χ0n) is 6.75. The molecule has 1 heteroatoms. The molecule has 0 amide bonds. The summed E-state index contributed by atoms with van der Waals surface area (Å²) in [5, 5.41) is 9.72. The van der Waals surface area contributed by atoms with Crippen molar-refractivity contribution in [2.75, 3.05) is 0 Å². The van der Waals surface area contributed by atoms with Crippen molar-refractivity contribution in [2.24, 2.45) is 5.92 Å². The molecule has 0 radical (unpaired) electrons. The Hall–Kier alpha value is -0.690. The Kier molecular flexibility index (Phi) is 1.53. The predicted molar refractivity (Wildman–Crippen MR) is 44.5 cm³/mol. The molecule has 1 aliphatic carbocycles. The maximum absolute atomic E-state index is 9.72. The van der Waals surface area contributed by atoms with Crippen LogP contribution in [0.4, 0.5) is 0 Å². The normalized spacial score (nSPS) is 30.0. The van der Waals surface area contributed by atoms with Crippen LogP contribution in [0.5, 0.6) is 0 Å². The van der Waals surface area contributed by atoms with Gasteiger partial charge in [0, 0.05) is 0 Å². The number of aryl methyl sites for hydroxylation is 1. The molecule has 1 aromatic carbocycles. The van der Waals surface area contributed by atoms with Crippen molar-refractivity contribution in [1.29, 1.82) is 0 Å². The van der Waals surface area contributed by atoms with Gasteiger partial charge in [-0.05, 0) is 5.92 Å². The Labute approximate surface area is 67.0 Å². The highest BCUT2D eigenvalue weighted by Gasteiger charge is 2.18. The molecule has 11 heavy (non-hydrogen) atoms. The minimum atomic E-state index is -0.214. The molecule has 0 spiro atoms. The fourth-order valence-electron chi connectivity index (χ4n) is 1.83. The van der Waals surface area contributed by atoms with Crippen LogP contribution in [0.1, 0.15) is 30.6 Å². The van der Waals surface area contributed by atoms with Crippen molar-refractivity contribution in [3.8, 4) is 0 Å². The van der Waals surface area contributed by atoms with E-state index in [2.05, 4.69) is 13.0 Å². The monoisotopic (exact) mass is 149 g/mol. The highest BCUT2D eigenvalue weighted by atomic mass is 16.3. The molecule has 1 aromatic rings. The predicted octanol–water partition coefficient (Wildman–Crippen LogP) is 2.02. The Balaban J connectivity index is 2.38. The minimum Gasteiger partial charge on any atom is -0.390 e. The van der Waals surface area contributed by atoms with E-state index in [1.807, 2.05) is 12.1 Å². The molecule has 0 saturated carbocycles. The number of rotatable bonds is 0. The van der Waals surface area contributed by atoms with Crippen molar-refractivity contribution in [3.05, 3.63) is 29.3 Å². The molecule has 0 heterocycles. The second-order valence-electron chi connectivity index (χ2n) is 3.47. The van der Waals surface area contributed by atoms with Crippen molar-refractivity contribution >= 4 is 0 Å². The van der Waals surface area contributed by atoms with Crippen LogP contribution in [0.25, 0.3) is 0 Å². The van der Waals surface area contributed by atoms with E-state index in [1.165, 1.54) is 5.56 Å². The summed E-state index contributed by atoms with van der Waals surface area (Å²) in [5.74, 6) is 0.435. The third-order valence-electron chi connectivity index (χ3n) is 2.67. The average Bonchev–Trinajstić information content (AvgIpc) is 2.45. The molecular weight excluding hydrogens is 136 g/mol. The van der Waals surface area contributed by atoms with E-state index in [0.717, 1.165) is 18.4 Å². The quantitative estimate of drug-likeness (QED) is 0.559. The van der Waals surface area contributed by atoms with Gasteiger partial charge in [0.05, 0.1) is 6.10 Å². The topological polar surface area (TPSA) is 20.2 Å². The first-order valence-corrected chi connectivity index (χ1v) is 4.21. The molecule has 2 unspecified atom stereocenters. The van der Waals surface area contributed by atoms with E-state index in [1.54, 1.807) is 0 Å². The fourth-order valence-corrected chi connectivity index (χ4v) is 1.83. The summed E-state index contributed by atoms with van der Waals surface area (Å²) in [6.07, 6.45) is 2.05. The third kappa shape index (κ3) is 1.000. The summed E-state index contributed by atoms with van der Waals surface area (Å²) < 4.78 is 0. The summed E-state index contributed by atoms with van der Waals surface area (Å²) in [6, 6.07) is 6.19. The Bertz CT molecular complexity index is 249. The van der Waals surface area contributed by atoms with Gasteiger partial charge >= 0.3 is 0 Å². The van der Waals surface area contributed by atoms with Gasteiger partial charge in [-0.25, -0.2) is 6.07 Å². The number of aliphatic hydroxyl groups excluding tert-OH is 1. The highest BCUT2D eigenvalue weighted by Crippen LogP contribution is 2.34. The van der Waals surface area contributed by atoms with Crippen molar-refractivity contribution in [2.45, 2.75) is 25.9 Å². The molecule has 2 rings (SSSR count). The second kappa shape index (κ2) is 2.42. The van der Waals surface area contributed by atoms with Gasteiger partial charge in [-0.3, -0.25) is 0 Å². The molecule has 0 aromatic heterocycles. The van der Waals surface area contributed by atoms with Crippen molar-refractivity contribution < 1.29 is 5.11 Å². The van der Waals surface area contributed by atoms with Crippen LogP contribution >= 0.6 is 0 Å². The molecule has 1 aliphatic rings. The van der Waals surface area contributed by atoms with E-state index < -0.39 is 0 Å². The molecule has 1 nitrogen and oxygen atoms in total. The summed E-state index contributed by atoms with van der Waals surface area (Å²) in [7, 11) is 0. The lowest BCUT2D eigenvalue weighted by Gasteiger charge is -2.30. The number of aliphatic hydroxyl groups is 1. The first-order valence-electron chi connectivity index (χ1n) is 4.21. The summed E-state index contributed by atoms with van der Waals surface area (Å²) >= 11 is 0. The Morgan fingerprint density at radius 3 is 3.27 bits per heavy atom. The maximum Gasteiger partial charge on any atom is 0.0589 e. The van der Waals surface area contributed by atoms with Gasteiger partial charge in [0.15, 0.2) is 0 Å². The van der Waals surface area contributed by atoms with E-state index >= 15 is 0 Å². The van der Waals surface area contributed by atoms with Crippen molar-refractivity contribution in [3.63, 3.8) is 0 Å². The largest absolute Gasteiger partial charge is 0.390 e. The van der Waals surface area contributed by atoms with Crippen LogP contribution < -0.4 is 0 Å². The molecule has 0 bridgehead atoms. The standard InChI is InChI=1S/C10H13O/c1-7-5-6-8-3-2-4-9(8)10(7)11/h2-4,7,10-11H,5-6H2,1H3/q-1. The van der Waals surface area contributed by atoms with Crippen LogP contribution in [-0.2, 0) is 6.42 Å². The molecule has 2 atom stereocenters. The maximum atomic E-state index is 9.72. The molecule has 0 saturated heterocycles. The van der Waals surface area contributed by atoms with E-state index in [4.69, 9.17) is 0 Å². The van der Waals surface area contributed by atoms with Crippen LogP contribution in [0, 0.1) is 5.92 Å². The molecule has 0 aliphatic heterocycles. The molecule has 1 N–H and O–H groups in total. The zero-order valence-corrected chi connectivity index (χ0v) is 6.75. The van der Waals surface area contributed by atoms with Crippen molar-refractivity contribution in [1.82, 2.24) is 0 Å². The van der Waals surface area contributed by atoms with Gasteiger partial charge in [-0.1, -0.05) is 19.8 Å². The van der Waals surface area contributed by atoms with E-state index in [9.17, 15) is 5.11 Å². The van der Waals surface area contributed by atoms with Gasteiger partial charge in [0.1, 0.15) is 0 Å². The van der Waals surface area contributed by atoms with Crippen LogP contribution in [0.15, 0.2) is 18.2 Å². The van der Waals surface area contributed by atoms with E-state index in [0.29, 0.717) is 5.92 Å². The number of hydrogen-bond acceptors (Lipinski definition) is 1. The van der Waals surface area contributed by atoms with Crippen LogP contribution in [-0.4, -0.2) is 5.11 Å². The van der Waals surface area contributed by atoms with Gasteiger partial charge in [0.2, 0.25) is 0 Å². The lowest BCUT2D eigenvalue weighted by atomic mass is 9.85. The third-order valence-corrected chi connectivity index (χ3v) is 2.67. The SMILES string of the molecule is CC1CCc2cc[cH-]c2C1O. The first-order chi connectivity index (χ1) is 5.29. The first kappa shape index (κ1) is 6.99. The second-order valence-corrected chi connectivity index (χ2v) is 3.47. The van der Waals surface area contributed by atoms with E-state index in [-0.39, 0.29) is 6.10 Å². The summed E-state index contributed by atoms with van der Waals surface area (Å²) in [6.45, 7) is 2.11. The molecular formula is C10H13O-. The van der Waals surface area contributed by atoms with Gasteiger partial charge in [-0.2, -0.15) is 17.7 Å². The van der Waals surface area contributed by atoms with Gasteiger partial charge in [0.25, 0.3) is 0 Å². The molecule has 0 fully saturated rings. The Morgan fingerprint density at radius 1 is 1.64 bits per heavy atom. The lowest BCUT2D eigenvalue weighted by molar-refractivity contribution is 0.104. The lowest BCUT2D eigenvalue weighted by Crippen LogP contribution is -2.16. The van der Waals surface area contributed by atoms with Crippen LogP contribution in [0.2, 0.25) is 0 Å². The number of fused-ring (bicyclic) bond motifs is 1. The number of hydrogen-bond donors (Lipinski definition) is 1. The summed E-state index contributed by atoms with van der Waals surface area (Å²) in [5.41, 5.74) is 2.50. The van der Waals surface area contributed by atoms with Crippen LogP contribution in [0.3, 0.4) is 0 Å². The Morgan fingerprint density at radius 2 is 2.45 bits per heavy atom. The average molecular weight is 149 g/mol. The minimum absolute atomic E-state index is 0.214. The smallest absolute Gasteiger partial charge is 0.0589 e. The summed E-state index contributed by atoms with van der Waals surface area (Å²) in [4.78, 5) is 0. The zero-order chi connectivity index (χ0) is 7.84.